The first-order valence-electron chi connectivity index (χ1n) is 8.28. The highest BCUT2D eigenvalue weighted by Crippen LogP contribution is 2.22. The van der Waals surface area contributed by atoms with Crippen LogP contribution in [0.25, 0.3) is 0 Å². The normalized spacial score (nSPS) is 23.2. The molecule has 2 heterocycles. The van der Waals surface area contributed by atoms with Crippen molar-refractivity contribution >= 4 is 17.5 Å². The number of nitrogens with zero attached hydrogens (tertiary/aromatic N) is 1. The summed E-state index contributed by atoms with van der Waals surface area (Å²) in [6.45, 7) is 4.97. The lowest BCUT2D eigenvalue weighted by Gasteiger charge is -2.37. The quantitative estimate of drug-likeness (QED) is 0.876. The molecule has 0 spiro atoms. The van der Waals surface area contributed by atoms with E-state index in [4.69, 9.17) is 21.1 Å². The second-order valence-corrected chi connectivity index (χ2v) is 6.61. The predicted octanol–water partition coefficient (Wildman–Crippen LogP) is 1.95. The summed E-state index contributed by atoms with van der Waals surface area (Å²) in [4.78, 5) is 14.7. The van der Waals surface area contributed by atoms with Crippen LogP contribution in [0.4, 0.5) is 4.39 Å². The van der Waals surface area contributed by atoms with Crippen molar-refractivity contribution in [2.24, 2.45) is 5.92 Å². The van der Waals surface area contributed by atoms with Gasteiger partial charge in [-0.15, -0.1) is 0 Å². The Kier molecular flexibility index (Phi) is 6.05. The Morgan fingerprint density at radius 3 is 2.83 bits per heavy atom. The number of morpholine rings is 1. The number of nitrogens with one attached hydrogen (secondary N) is 1. The number of carbonyl (C=O) groups excluding carboxylic acids is 1. The summed E-state index contributed by atoms with van der Waals surface area (Å²) >= 11 is 5.86. The maximum atomic E-state index is 13.8. The van der Waals surface area contributed by atoms with E-state index in [1.807, 2.05) is 0 Å². The molecule has 24 heavy (non-hydrogen) atoms. The number of halogens is 2. The van der Waals surface area contributed by atoms with Gasteiger partial charge in [0, 0.05) is 43.2 Å². The molecule has 1 amide bonds. The molecule has 0 saturated carbocycles. The zero-order valence-corrected chi connectivity index (χ0v) is 14.2. The smallest absolute Gasteiger partial charge is 0.254 e. The van der Waals surface area contributed by atoms with Crippen LogP contribution in [0, 0.1) is 11.7 Å². The van der Waals surface area contributed by atoms with Crippen molar-refractivity contribution in [3.8, 4) is 0 Å². The van der Waals surface area contributed by atoms with Crippen LogP contribution in [0.2, 0.25) is 5.02 Å². The highest BCUT2D eigenvalue weighted by molar-refractivity contribution is 6.31. The molecular formula is C17H22ClFN2O3. The lowest BCUT2D eigenvalue weighted by Crippen LogP contribution is -2.52. The molecule has 1 N–H and O–H groups in total. The molecule has 0 bridgehead atoms. The van der Waals surface area contributed by atoms with E-state index in [-0.39, 0.29) is 11.6 Å². The molecule has 3 rings (SSSR count). The van der Waals surface area contributed by atoms with E-state index < -0.39 is 11.7 Å². The van der Waals surface area contributed by atoms with Crippen LogP contribution in [0.1, 0.15) is 16.8 Å². The van der Waals surface area contributed by atoms with Gasteiger partial charge in [-0.2, -0.15) is 0 Å². The van der Waals surface area contributed by atoms with Crippen LogP contribution in [-0.4, -0.2) is 62.9 Å². The van der Waals surface area contributed by atoms with E-state index in [1.54, 1.807) is 0 Å². The topological polar surface area (TPSA) is 50.8 Å². The van der Waals surface area contributed by atoms with Gasteiger partial charge < -0.3 is 14.8 Å². The van der Waals surface area contributed by atoms with Crippen molar-refractivity contribution in [2.45, 2.75) is 12.5 Å². The summed E-state index contributed by atoms with van der Waals surface area (Å²) in [5, 5.41) is 3.21. The van der Waals surface area contributed by atoms with Gasteiger partial charge in [0.1, 0.15) is 5.82 Å². The first-order valence-corrected chi connectivity index (χ1v) is 8.66. The van der Waals surface area contributed by atoms with Gasteiger partial charge in [0.15, 0.2) is 0 Å². The van der Waals surface area contributed by atoms with Gasteiger partial charge >= 0.3 is 0 Å². The molecule has 7 heteroatoms. The molecule has 2 atom stereocenters. The van der Waals surface area contributed by atoms with Gasteiger partial charge in [0.05, 0.1) is 25.4 Å². The van der Waals surface area contributed by atoms with Gasteiger partial charge in [-0.25, -0.2) is 4.39 Å². The van der Waals surface area contributed by atoms with Gasteiger partial charge in [-0.1, -0.05) is 11.6 Å². The third-order valence-electron chi connectivity index (χ3n) is 4.67. The van der Waals surface area contributed by atoms with Crippen molar-refractivity contribution in [2.75, 3.05) is 46.1 Å². The van der Waals surface area contributed by atoms with Crippen molar-refractivity contribution in [1.29, 1.82) is 0 Å². The third kappa shape index (κ3) is 4.25. The number of carbonyl (C=O) groups is 1. The van der Waals surface area contributed by atoms with E-state index in [0.29, 0.717) is 37.3 Å². The molecule has 0 aromatic heterocycles. The summed E-state index contributed by atoms with van der Waals surface area (Å²) in [7, 11) is 0. The molecule has 2 unspecified atom stereocenters. The fourth-order valence-electron chi connectivity index (χ4n) is 3.32. The largest absolute Gasteiger partial charge is 0.381 e. The average Bonchev–Trinajstić information content (AvgIpc) is 3.12. The van der Waals surface area contributed by atoms with Crippen LogP contribution >= 0.6 is 11.6 Å². The standard InChI is InChI=1S/C17H22ClFN2O3/c18-13-1-2-15(19)14(9-13)17(22)20-10-16(12-3-6-24-11-12)21-4-7-23-8-5-21/h1-2,9,12,16H,3-8,10-11H2,(H,20,22). The van der Waals surface area contributed by atoms with E-state index in [2.05, 4.69) is 10.2 Å². The Hall–Kier alpha value is -1.21. The molecule has 2 fully saturated rings. The van der Waals surface area contributed by atoms with Gasteiger partial charge in [-0.05, 0) is 24.6 Å². The van der Waals surface area contributed by atoms with Gasteiger partial charge in [-0.3, -0.25) is 9.69 Å². The minimum atomic E-state index is -0.566. The van der Waals surface area contributed by atoms with E-state index in [9.17, 15) is 9.18 Å². The molecule has 2 aliphatic rings. The molecule has 0 aliphatic carbocycles. The minimum absolute atomic E-state index is 0.0223. The number of ether oxygens (including phenoxy) is 2. The predicted molar refractivity (Wildman–Crippen MR) is 88.8 cm³/mol. The van der Waals surface area contributed by atoms with E-state index in [0.717, 1.165) is 26.1 Å². The van der Waals surface area contributed by atoms with E-state index >= 15 is 0 Å². The SMILES string of the molecule is O=C(NCC(C1CCOC1)N1CCOCC1)c1cc(Cl)ccc1F. The summed E-state index contributed by atoms with van der Waals surface area (Å²) in [6.07, 6.45) is 0.976. The molecule has 2 aliphatic heterocycles. The maximum Gasteiger partial charge on any atom is 0.254 e. The Balaban J connectivity index is 1.65. The number of hydrogen-bond donors (Lipinski definition) is 1. The van der Waals surface area contributed by atoms with Crippen LogP contribution in [0.5, 0.6) is 0 Å². The van der Waals surface area contributed by atoms with Crippen LogP contribution in [0.3, 0.4) is 0 Å². The molecule has 0 radical (unpaired) electrons. The highest BCUT2D eigenvalue weighted by Gasteiger charge is 2.32. The Morgan fingerprint density at radius 1 is 1.33 bits per heavy atom. The lowest BCUT2D eigenvalue weighted by molar-refractivity contribution is 0.00165. The molecule has 5 nitrogen and oxygen atoms in total. The first kappa shape index (κ1) is 17.6. The molecule has 1 aromatic rings. The second-order valence-electron chi connectivity index (χ2n) is 6.17. The fourth-order valence-corrected chi connectivity index (χ4v) is 3.50. The van der Waals surface area contributed by atoms with Crippen LogP contribution in [-0.2, 0) is 9.47 Å². The monoisotopic (exact) mass is 356 g/mol. The van der Waals surface area contributed by atoms with E-state index in [1.165, 1.54) is 18.2 Å². The first-order chi connectivity index (χ1) is 11.6. The zero-order chi connectivity index (χ0) is 16.9. The minimum Gasteiger partial charge on any atom is -0.381 e. The average molecular weight is 357 g/mol. The van der Waals surface area contributed by atoms with Crippen molar-refractivity contribution in [3.05, 3.63) is 34.6 Å². The zero-order valence-electron chi connectivity index (χ0n) is 13.5. The van der Waals surface area contributed by atoms with Crippen molar-refractivity contribution < 1.29 is 18.7 Å². The molecule has 2 saturated heterocycles. The summed E-state index contributed by atoms with van der Waals surface area (Å²) in [5.41, 5.74) is -0.0223. The second kappa shape index (κ2) is 8.25. The Morgan fingerprint density at radius 2 is 2.12 bits per heavy atom. The van der Waals surface area contributed by atoms with Gasteiger partial charge in [0.25, 0.3) is 5.91 Å². The van der Waals surface area contributed by atoms with Crippen molar-refractivity contribution in [3.63, 3.8) is 0 Å². The number of amides is 1. The van der Waals surface area contributed by atoms with Gasteiger partial charge in [0.2, 0.25) is 0 Å². The number of rotatable bonds is 5. The number of hydrogen-bond acceptors (Lipinski definition) is 4. The Bertz CT molecular complexity index is 575. The summed E-state index contributed by atoms with van der Waals surface area (Å²) in [5.74, 6) is -0.635. The number of benzene rings is 1. The van der Waals surface area contributed by atoms with Crippen molar-refractivity contribution in [1.82, 2.24) is 10.2 Å². The van der Waals surface area contributed by atoms with Crippen LogP contribution < -0.4 is 5.32 Å². The fraction of sp³-hybridized carbons (Fsp3) is 0.588. The summed E-state index contributed by atoms with van der Waals surface area (Å²) in [6, 6.07) is 4.17. The summed E-state index contributed by atoms with van der Waals surface area (Å²) < 4.78 is 24.8. The molecule has 1 aromatic carbocycles. The molecular weight excluding hydrogens is 335 g/mol. The van der Waals surface area contributed by atoms with Crippen LogP contribution in [0.15, 0.2) is 18.2 Å². The highest BCUT2D eigenvalue weighted by atomic mass is 35.5. The lowest BCUT2D eigenvalue weighted by atomic mass is 9.96. The Labute approximate surface area is 146 Å². The third-order valence-corrected chi connectivity index (χ3v) is 4.90. The maximum absolute atomic E-state index is 13.8. The molecule has 132 valence electrons.